The summed E-state index contributed by atoms with van der Waals surface area (Å²) in [4.78, 5) is 13.5. The number of nitrogens with one attached hydrogen (secondary N) is 1. The van der Waals surface area contributed by atoms with Crippen LogP contribution in [0.15, 0.2) is 42.5 Å². The predicted molar refractivity (Wildman–Crippen MR) is 135 cm³/mol. The molecule has 2 aromatic rings. The van der Waals surface area contributed by atoms with Gasteiger partial charge in [-0.3, -0.25) is 4.31 Å². The van der Waals surface area contributed by atoms with Crippen LogP contribution in [0.25, 0.3) is 0 Å². The van der Waals surface area contributed by atoms with Crippen molar-refractivity contribution >= 4 is 39.3 Å². The maximum atomic E-state index is 11.4. The largest absolute Gasteiger partial charge is 0.492 e. The summed E-state index contributed by atoms with van der Waals surface area (Å²) >= 11 is 0. The second-order valence-corrected chi connectivity index (χ2v) is 8.18. The van der Waals surface area contributed by atoms with Crippen LogP contribution in [-0.2, 0) is 11.3 Å². The Bertz CT molecular complexity index is 786. The highest BCUT2D eigenvalue weighted by atomic mass is 33.1. The van der Waals surface area contributed by atoms with Crippen LogP contribution in [0.4, 0.5) is 11.4 Å². The fraction of sp³-hybridized carbons (Fsp3) is 0.435. The molecular weight excluding hydrogens is 430 g/mol. The highest BCUT2D eigenvalue weighted by Crippen LogP contribution is 2.56. The predicted octanol–water partition coefficient (Wildman–Crippen LogP) is 5.92. The Morgan fingerprint density at radius 2 is 1.71 bits per heavy atom. The van der Waals surface area contributed by atoms with E-state index in [4.69, 9.17) is 9.47 Å². The number of nitrogens with zero attached hydrogens (tertiary/aromatic N) is 2. The van der Waals surface area contributed by atoms with Crippen molar-refractivity contribution in [2.75, 3.05) is 38.7 Å². The lowest BCUT2D eigenvalue weighted by Crippen LogP contribution is -2.19. The first-order valence-corrected chi connectivity index (χ1v) is 12.6. The minimum atomic E-state index is -0.316. The summed E-state index contributed by atoms with van der Waals surface area (Å²) in [6.45, 7) is 10.3. The van der Waals surface area contributed by atoms with Gasteiger partial charge in [-0.15, -0.1) is 0 Å². The number of rotatable bonds is 10. The minimum Gasteiger partial charge on any atom is -0.492 e. The minimum absolute atomic E-state index is 0.316. The van der Waals surface area contributed by atoms with Gasteiger partial charge in [-0.2, -0.15) is 0 Å². The van der Waals surface area contributed by atoms with Crippen LogP contribution in [0.5, 0.6) is 5.75 Å². The van der Waals surface area contributed by atoms with Crippen LogP contribution in [-0.4, -0.2) is 45.2 Å². The molecule has 0 fully saturated rings. The van der Waals surface area contributed by atoms with Crippen molar-refractivity contribution in [2.45, 2.75) is 34.2 Å². The van der Waals surface area contributed by atoms with E-state index in [0.29, 0.717) is 18.7 Å². The zero-order chi connectivity index (χ0) is 23.2. The molecule has 1 heterocycles. The number of methoxy groups -OCH3 is 1. The molecule has 0 aliphatic carbocycles. The number of carbonyl (C=O) groups is 1. The van der Waals surface area contributed by atoms with Gasteiger partial charge in [0.25, 0.3) is 0 Å². The lowest BCUT2D eigenvalue weighted by molar-refractivity contribution is 0.0600. The zero-order valence-electron chi connectivity index (χ0n) is 19.6. The molecule has 0 atom stereocenters. The fourth-order valence-corrected chi connectivity index (χ4v) is 4.19. The summed E-state index contributed by atoms with van der Waals surface area (Å²) in [6.07, 6.45) is 0. The third kappa shape index (κ3) is 9.03. The molecule has 0 aromatic heterocycles. The molecule has 172 valence electrons. The molecule has 0 spiro atoms. The van der Waals surface area contributed by atoms with Crippen LogP contribution < -0.4 is 13.8 Å². The molecular formula is C23H35N3O3S2. The Balaban J connectivity index is 0.00000113. The zero-order valence-corrected chi connectivity index (χ0v) is 21.2. The molecule has 31 heavy (non-hydrogen) atoms. The molecule has 0 radical (unpaired) electrons. The number of hydrogen-bond donors (Lipinski definition) is 1. The van der Waals surface area contributed by atoms with Gasteiger partial charge in [0.15, 0.2) is 0 Å². The smallest absolute Gasteiger partial charge is 0.337 e. The van der Waals surface area contributed by atoms with Crippen molar-refractivity contribution < 1.29 is 14.3 Å². The SMILES string of the molecule is CC.CC.COC(=O)c1ccc(CNSSN2c3ccc(OCCN(C)C)cc32)cc1. The summed E-state index contributed by atoms with van der Waals surface area (Å²) in [7, 11) is 8.66. The highest BCUT2D eigenvalue weighted by molar-refractivity contribution is 8.76. The normalized spacial score (nSPS) is 10.9. The first-order valence-electron chi connectivity index (χ1n) is 10.5. The summed E-state index contributed by atoms with van der Waals surface area (Å²) in [6, 6.07) is 13.6. The summed E-state index contributed by atoms with van der Waals surface area (Å²) < 4.78 is 15.9. The number of benzene rings is 2. The van der Waals surface area contributed by atoms with Gasteiger partial charge in [-0.05, 0) is 43.9 Å². The molecule has 1 aliphatic rings. The second-order valence-electron chi connectivity index (χ2n) is 6.26. The maximum Gasteiger partial charge on any atom is 0.337 e. The highest BCUT2D eigenvalue weighted by Gasteiger charge is 2.30. The van der Waals surface area contributed by atoms with Crippen LogP contribution in [0, 0.1) is 0 Å². The van der Waals surface area contributed by atoms with Crippen LogP contribution in [0.2, 0.25) is 0 Å². The van der Waals surface area contributed by atoms with Crippen molar-refractivity contribution in [3.8, 4) is 5.75 Å². The molecule has 0 unspecified atom stereocenters. The third-order valence-electron chi connectivity index (χ3n) is 3.96. The average molecular weight is 466 g/mol. The first-order chi connectivity index (χ1) is 15.1. The molecule has 0 amide bonds. The van der Waals surface area contributed by atoms with E-state index in [1.165, 1.54) is 18.5 Å². The molecule has 0 bridgehead atoms. The standard InChI is InChI=1S/C19H23N3O3S2.2C2H6/c1-21(2)10-11-25-16-8-9-17-18(12-16)22(17)27-26-20-13-14-4-6-15(7-5-14)19(23)24-3;2*1-2/h4-9,12,20H,10-11,13H2,1-3H3;2*1-2H3. The lowest BCUT2D eigenvalue weighted by Gasteiger charge is -2.10. The Morgan fingerprint density at radius 3 is 2.32 bits per heavy atom. The van der Waals surface area contributed by atoms with E-state index in [1.54, 1.807) is 34.1 Å². The average Bonchev–Trinajstić information content (AvgIpc) is 3.51. The molecule has 2 aromatic carbocycles. The van der Waals surface area contributed by atoms with E-state index < -0.39 is 0 Å². The summed E-state index contributed by atoms with van der Waals surface area (Å²) in [5, 5.41) is 0. The Morgan fingerprint density at radius 1 is 1.03 bits per heavy atom. The van der Waals surface area contributed by atoms with Gasteiger partial charge in [0.05, 0.1) is 24.0 Å². The molecule has 0 saturated heterocycles. The third-order valence-corrected chi connectivity index (χ3v) is 5.87. The van der Waals surface area contributed by atoms with Crippen LogP contribution in [0.3, 0.4) is 0 Å². The molecule has 0 saturated carbocycles. The Labute approximate surface area is 195 Å². The molecule has 1 aliphatic heterocycles. The maximum absolute atomic E-state index is 11.4. The fourth-order valence-electron chi connectivity index (χ4n) is 2.37. The molecule has 3 rings (SSSR count). The number of fused-ring (bicyclic) bond motifs is 1. The van der Waals surface area contributed by atoms with Gasteiger partial charge in [-0.1, -0.05) is 39.8 Å². The second kappa shape index (κ2) is 15.0. The van der Waals surface area contributed by atoms with Crippen molar-refractivity contribution in [1.82, 2.24) is 9.62 Å². The van der Waals surface area contributed by atoms with Gasteiger partial charge in [0.1, 0.15) is 12.4 Å². The van der Waals surface area contributed by atoms with Crippen molar-refractivity contribution in [3.63, 3.8) is 0 Å². The molecule has 6 nitrogen and oxygen atoms in total. The topological polar surface area (TPSA) is 53.8 Å². The van der Waals surface area contributed by atoms with Gasteiger partial charge < -0.3 is 14.4 Å². The van der Waals surface area contributed by atoms with E-state index in [9.17, 15) is 4.79 Å². The van der Waals surface area contributed by atoms with E-state index in [2.05, 4.69) is 26.1 Å². The quantitative estimate of drug-likeness (QED) is 0.153. The monoisotopic (exact) mass is 465 g/mol. The van der Waals surface area contributed by atoms with Crippen LogP contribution in [0.1, 0.15) is 43.6 Å². The van der Waals surface area contributed by atoms with E-state index in [0.717, 1.165) is 17.9 Å². The number of hydrogen-bond acceptors (Lipinski definition) is 8. The summed E-state index contributed by atoms with van der Waals surface area (Å²) in [5.41, 5.74) is 4.08. The van der Waals surface area contributed by atoms with E-state index >= 15 is 0 Å². The summed E-state index contributed by atoms with van der Waals surface area (Å²) in [5.74, 6) is 0.589. The van der Waals surface area contributed by atoms with Crippen LogP contribution >= 0.6 is 22.0 Å². The van der Waals surface area contributed by atoms with E-state index in [-0.39, 0.29) is 5.97 Å². The van der Waals surface area contributed by atoms with Gasteiger partial charge in [0.2, 0.25) is 0 Å². The van der Waals surface area contributed by atoms with Crippen molar-refractivity contribution in [1.29, 1.82) is 0 Å². The van der Waals surface area contributed by atoms with Gasteiger partial charge in [0, 0.05) is 41.1 Å². The van der Waals surface area contributed by atoms with Crippen molar-refractivity contribution in [3.05, 3.63) is 53.6 Å². The number of ether oxygens (including phenoxy) is 2. The van der Waals surface area contributed by atoms with Gasteiger partial charge >= 0.3 is 5.97 Å². The number of esters is 1. The Kier molecular flexibility index (Phi) is 13.2. The Hall–Kier alpha value is -1.87. The molecule has 1 N–H and O–H groups in total. The number of likely N-dealkylation sites (N-methyl/N-ethyl adjacent to an activating group) is 1. The lowest BCUT2D eigenvalue weighted by atomic mass is 10.1. The first kappa shape index (κ1) is 27.2. The van der Waals surface area contributed by atoms with Gasteiger partial charge in [-0.25, -0.2) is 9.52 Å². The number of carbonyl (C=O) groups excluding carboxylic acids is 1. The van der Waals surface area contributed by atoms with E-state index in [1.807, 2.05) is 60.0 Å². The van der Waals surface area contributed by atoms with Crippen molar-refractivity contribution in [2.24, 2.45) is 0 Å². The number of anilines is 2. The molecule has 8 heteroatoms.